The van der Waals surface area contributed by atoms with E-state index >= 15 is 0 Å². The highest BCUT2D eigenvalue weighted by atomic mass is 35.5. The minimum Gasteiger partial charge on any atom is -0.275 e. The molecule has 12 heteroatoms. The fourth-order valence-corrected chi connectivity index (χ4v) is 7.35. The van der Waals surface area contributed by atoms with E-state index in [0.717, 1.165) is 23.9 Å². The van der Waals surface area contributed by atoms with Crippen LogP contribution in [-0.4, -0.2) is 29.9 Å². The molecule has 3 aromatic rings. The largest absolute Gasteiger partial charge is 0.275 e. The number of H-pyrrole nitrogens is 1. The van der Waals surface area contributed by atoms with Crippen molar-refractivity contribution < 1.29 is 13.2 Å². The quantitative estimate of drug-likeness (QED) is 0.164. The molecule has 0 spiro atoms. The number of amides is 1. The Morgan fingerprint density at radius 2 is 1.39 bits per heavy atom. The normalized spacial score (nSPS) is 11.7. The summed E-state index contributed by atoms with van der Waals surface area (Å²) in [4.78, 5) is 26.8. The molecule has 0 fully saturated rings. The monoisotopic (exact) mass is 661 g/mol. The van der Waals surface area contributed by atoms with Crippen molar-refractivity contribution in [3.05, 3.63) is 66.8 Å². The molecule has 0 radical (unpaired) electrons. The van der Waals surface area contributed by atoms with Crippen molar-refractivity contribution >= 4 is 73.7 Å². The summed E-state index contributed by atoms with van der Waals surface area (Å²) in [5, 5.41) is 3.42. The lowest BCUT2D eigenvalue weighted by Crippen LogP contribution is -2.24. The van der Waals surface area contributed by atoms with Crippen LogP contribution in [0.3, 0.4) is 0 Å². The Labute approximate surface area is 261 Å². The van der Waals surface area contributed by atoms with Gasteiger partial charge in [0.2, 0.25) is 5.91 Å². The van der Waals surface area contributed by atoms with Gasteiger partial charge in [-0.25, -0.2) is 13.1 Å². The van der Waals surface area contributed by atoms with Gasteiger partial charge in [-0.3, -0.25) is 19.6 Å². The first-order chi connectivity index (χ1) is 19.5. The number of rotatable bonds is 15. The van der Waals surface area contributed by atoms with Crippen LogP contribution < -0.4 is 10.5 Å². The van der Waals surface area contributed by atoms with Crippen LogP contribution in [0.25, 0.3) is 5.69 Å². The third-order valence-electron chi connectivity index (χ3n) is 6.75. The summed E-state index contributed by atoms with van der Waals surface area (Å²) in [7, 11) is -3.56. The van der Waals surface area contributed by atoms with Gasteiger partial charge in [0.25, 0.3) is 5.56 Å². The maximum Gasteiger partial charge on any atom is 0.273 e. The van der Waals surface area contributed by atoms with E-state index in [9.17, 15) is 18.0 Å². The average Bonchev–Trinajstić information content (AvgIpc) is 3.25. The Bertz CT molecular complexity index is 1500. The standard InChI is InChI=1S/C29H35Cl4N3O4S/c1-3-4-5-6-7-8-9-10-11-12-15-41(39,40)22-13-14-26(23(31)18-22)35(20(2)37)27-19-28(38)36(34-27)29-24(32)16-21(30)17-25(29)33/h13-14,16-19,34H,3-12,15H2,1-2H3. The highest BCUT2D eigenvalue weighted by molar-refractivity contribution is 7.91. The topological polar surface area (TPSA) is 92.2 Å². The molecule has 1 aromatic heterocycles. The van der Waals surface area contributed by atoms with Gasteiger partial charge in [-0.1, -0.05) is 111 Å². The van der Waals surface area contributed by atoms with E-state index in [0.29, 0.717) is 11.4 Å². The van der Waals surface area contributed by atoms with E-state index in [4.69, 9.17) is 46.4 Å². The minimum atomic E-state index is -3.56. The Morgan fingerprint density at radius 3 is 1.93 bits per heavy atom. The summed E-state index contributed by atoms with van der Waals surface area (Å²) < 4.78 is 27.0. The number of nitrogens with zero attached hydrogens (tertiary/aromatic N) is 2. The van der Waals surface area contributed by atoms with Gasteiger partial charge in [0.05, 0.1) is 31.4 Å². The third kappa shape index (κ3) is 9.01. The zero-order valence-corrected chi connectivity index (χ0v) is 27.0. The van der Waals surface area contributed by atoms with E-state index in [2.05, 4.69) is 12.0 Å². The number of hydrogen-bond acceptors (Lipinski definition) is 4. The zero-order valence-electron chi connectivity index (χ0n) is 23.2. The van der Waals surface area contributed by atoms with Gasteiger partial charge in [0.15, 0.2) is 9.84 Å². The number of carbonyl (C=O) groups excluding carboxylic acids is 1. The fraction of sp³-hybridized carbons (Fsp3) is 0.448. The van der Waals surface area contributed by atoms with E-state index < -0.39 is 21.3 Å². The van der Waals surface area contributed by atoms with Crippen LogP contribution in [-0.2, 0) is 14.6 Å². The summed E-state index contributed by atoms with van der Waals surface area (Å²) in [6.07, 6.45) is 11.1. The molecule has 0 aliphatic carbocycles. The van der Waals surface area contributed by atoms with Crippen molar-refractivity contribution in [1.29, 1.82) is 0 Å². The maximum absolute atomic E-state index is 13.0. The first-order valence-corrected chi connectivity index (χ1v) is 16.9. The molecule has 0 aliphatic rings. The molecule has 1 amide bonds. The van der Waals surface area contributed by atoms with Gasteiger partial charge in [0, 0.05) is 18.0 Å². The van der Waals surface area contributed by atoms with E-state index in [1.807, 2.05) is 0 Å². The second-order valence-corrected chi connectivity index (χ2v) is 13.8. The molecule has 7 nitrogen and oxygen atoms in total. The predicted octanol–water partition coefficient (Wildman–Crippen LogP) is 9.16. The van der Waals surface area contributed by atoms with Crippen molar-refractivity contribution in [2.75, 3.05) is 10.7 Å². The molecule has 0 aliphatic heterocycles. The molecule has 2 aromatic carbocycles. The number of unbranched alkanes of at least 4 members (excludes halogenated alkanes) is 9. The van der Waals surface area contributed by atoms with Crippen molar-refractivity contribution in [2.45, 2.75) is 83.0 Å². The number of aromatic nitrogens is 2. The Morgan fingerprint density at radius 1 is 0.829 bits per heavy atom. The van der Waals surface area contributed by atoms with Gasteiger partial charge in [-0.2, -0.15) is 0 Å². The lowest BCUT2D eigenvalue weighted by atomic mass is 10.1. The molecular weight excluding hydrogens is 628 g/mol. The first-order valence-electron chi connectivity index (χ1n) is 13.8. The molecule has 1 N–H and O–H groups in total. The summed E-state index contributed by atoms with van der Waals surface area (Å²) >= 11 is 25.0. The van der Waals surface area contributed by atoms with Crippen molar-refractivity contribution in [3.8, 4) is 5.69 Å². The second-order valence-electron chi connectivity index (χ2n) is 10.0. The van der Waals surface area contributed by atoms with E-state index in [-0.39, 0.29) is 42.9 Å². The van der Waals surface area contributed by atoms with Crippen LogP contribution in [0.1, 0.15) is 78.1 Å². The Balaban J connectivity index is 1.71. The van der Waals surface area contributed by atoms with Gasteiger partial charge in [-0.15, -0.1) is 0 Å². The Kier molecular flexibility index (Phi) is 12.7. The molecule has 1 heterocycles. The molecule has 224 valence electrons. The lowest BCUT2D eigenvalue weighted by molar-refractivity contribution is -0.115. The van der Waals surface area contributed by atoms with Crippen LogP contribution in [0.2, 0.25) is 20.1 Å². The minimum absolute atomic E-state index is 0.0222. The predicted molar refractivity (Wildman–Crippen MR) is 170 cm³/mol. The number of hydrogen-bond donors (Lipinski definition) is 1. The van der Waals surface area contributed by atoms with E-state index in [1.165, 1.54) is 86.7 Å². The highest BCUT2D eigenvalue weighted by Gasteiger charge is 2.24. The second kappa shape index (κ2) is 15.5. The van der Waals surface area contributed by atoms with E-state index in [1.54, 1.807) is 0 Å². The highest BCUT2D eigenvalue weighted by Crippen LogP contribution is 2.35. The van der Waals surface area contributed by atoms with Gasteiger partial charge in [-0.05, 0) is 36.8 Å². The number of nitrogens with one attached hydrogen (secondary N) is 1. The van der Waals surface area contributed by atoms with Crippen LogP contribution in [0.5, 0.6) is 0 Å². The van der Waals surface area contributed by atoms with Crippen LogP contribution >= 0.6 is 46.4 Å². The third-order valence-corrected chi connectivity index (χ3v) is 9.65. The number of benzene rings is 2. The number of anilines is 2. The molecule has 0 unspecified atom stereocenters. The molecular formula is C29H35Cl4N3O4S. The van der Waals surface area contributed by atoms with Gasteiger partial charge < -0.3 is 0 Å². The van der Waals surface area contributed by atoms with Crippen LogP contribution in [0.4, 0.5) is 11.5 Å². The smallest absolute Gasteiger partial charge is 0.273 e. The number of sulfone groups is 1. The summed E-state index contributed by atoms with van der Waals surface area (Å²) in [6, 6.07) is 8.27. The lowest BCUT2D eigenvalue weighted by Gasteiger charge is -2.21. The van der Waals surface area contributed by atoms with Crippen molar-refractivity contribution in [1.82, 2.24) is 9.78 Å². The number of aromatic amines is 1. The van der Waals surface area contributed by atoms with Crippen molar-refractivity contribution in [3.63, 3.8) is 0 Å². The van der Waals surface area contributed by atoms with Crippen LogP contribution in [0, 0.1) is 0 Å². The summed E-state index contributed by atoms with van der Waals surface area (Å²) in [5.74, 6) is -0.351. The first kappa shape index (κ1) is 33.5. The number of carbonyl (C=O) groups is 1. The summed E-state index contributed by atoms with van der Waals surface area (Å²) in [6.45, 7) is 3.50. The molecule has 0 bridgehead atoms. The Hall–Kier alpha value is -1.97. The summed E-state index contributed by atoms with van der Waals surface area (Å²) in [5.41, 5.74) is -0.167. The average molecular weight is 663 g/mol. The maximum atomic E-state index is 13.0. The van der Waals surface area contributed by atoms with Crippen molar-refractivity contribution in [2.24, 2.45) is 0 Å². The zero-order chi connectivity index (χ0) is 30.2. The molecule has 41 heavy (non-hydrogen) atoms. The van der Waals surface area contributed by atoms with Gasteiger partial charge >= 0.3 is 0 Å². The van der Waals surface area contributed by atoms with Gasteiger partial charge in [0.1, 0.15) is 11.5 Å². The fourth-order valence-electron chi connectivity index (χ4n) is 4.64. The molecule has 0 saturated heterocycles. The molecule has 3 rings (SSSR count). The number of halogens is 4. The van der Waals surface area contributed by atoms with Crippen LogP contribution in [0.15, 0.2) is 46.1 Å². The molecule has 0 saturated carbocycles. The molecule has 0 atom stereocenters. The SMILES string of the molecule is CCCCCCCCCCCCS(=O)(=O)c1ccc(N(C(C)=O)c2cc(=O)n(-c3c(Cl)cc(Cl)cc3Cl)[nH]2)c(Cl)c1.